The Morgan fingerprint density at radius 1 is 1.21 bits per heavy atom. The number of ether oxygens (including phenoxy) is 2. The fourth-order valence-electron chi connectivity index (χ4n) is 1.81. The molecule has 0 bridgehead atoms. The largest absolute Gasteiger partial charge is 0.481 e. The molecule has 104 valence electrons. The highest BCUT2D eigenvalue weighted by Gasteiger charge is 2.07. The zero-order chi connectivity index (χ0) is 12.6. The molecule has 1 aliphatic rings. The minimum atomic E-state index is 0. The van der Waals surface area contributed by atoms with Crippen molar-refractivity contribution in [2.24, 2.45) is 0 Å². The van der Waals surface area contributed by atoms with Gasteiger partial charge in [0, 0.05) is 13.1 Å². The van der Waals surface area contributed by atoms with E-state index in [1.807, 2.05) is 31.2 Å². The van der Waals surface area contributed by atoms with Crippen LogP contribution in [0.4, 0.5) is 0 Å². The Kier molecular flexibility index (Phi) is 7.35. The predicted molar refractivity (Wildman–Crippen MR) is 79.0 cm³/mol. The fraction of sp³-hybridized carbons (Fsp3) is 0.467. The van der Waals surface area contributed by atoms with Crippen molar-refractivity contribution >= 4 is 12.4 Å². The van der Waals surface area contributed by atoms with Crippen LogP contribution in [-0.2, 0) is 4.74 Å². The molecule has 2 rings (SSSR count). The topological polar surface area (TPSA) is 21.7 Å². The van der Waals surface area contributed by atoms with Gasteiger partial charge < -0.3 is 9.47 Å². The zero-order valence-corrected chi connectivity index (χ0v) is 12.0. The SMILES string of the molecule is Cc1ccccc1OCC#CCN1CCOCC1.Cl. The maximum absolute atomic E-state index is 5.61. The Morgan fingerprint density at radius 2 is 1.95 bits per heavy atom. The second-order valence-electron chi connectivity index (χ2n) is 4.30. The lowest BCUT2D eigenvalue weighted by molar-refractivity contribution is 0.0443. The van der Waals surface area contributed by atoms with Crippen LogP contribution in [0.1, 0.15) is 5.56 Å². The highest BCUT2D eigenvalue weighted by Crippen LogP contribution is 2.15. The van der Waals surface area contributed by atoms with E-state index in [-0.39, 0.29) is 12.4 Å². The van der Waals surface area contributed by atoms with Crippen molar-refractivity contribution in [1.29, 1.82) is 0 Å². The number of nitrogens with zero attached hydrogens (tertiary/aromatic N) is 1. The molecule has 0 aliphatic carbocycles. The smallest absolute Gasteiger partial charge is 0.149 e. The van der Waals surface area contributed by atoms with Gasteiger partial charge in [-0.3, -0.25) is 4.90 Å². The minimum absolute atomic E-state index is 0. The molecule has 0 amide bonds. The molecule has 1 heterocycles. The lowest BCUT2D eigenvalue weighted by Gasteiger charge is -2.24. The van der Waals surface area contributed by atoms with E-state index >= 15 is 0 Å². The molecule has 1 aliphatic heterocycles. The average Bonchev–Trinajstić information content (AvgIpc) is 2.42. The van der Waals surface area contributed by atoms with Gasteiger partial charge in [-0.25, -0.2) is 0 Å². The number of morpholine rings is 1. The summed E-state index contributed by atoms with van der Waals surface area (Å²) in [6.45, 7) is 6.90. The van der Waals surface area contributed by atoms with E-state index in [1.54, 1.807) is 0 Å². The number of hydrogen-bond acceptors (Lipinski definition) is 3. The molecule has 1 aromatic rings. The van der Waals surface area contributed by atoms with Crippen LogP contribution in [0.2, 0.25) is 0 Å². The summed E-state index contributed by atoms with van der Waals surface area (Å²) in [6.07, 6.45) is 0. The first-order valence-corrected chi connectivity index (χ1v) is 6.30. The van der Waals surface area contributed by atoms with Gasteiger partial charge in [-0.05, 0) is 18.6 Å². The maximum atomic E-state index is 5.61. The van der Waals surface area contributed by atoms with Crippen LogP contribution >= 0.6 is 12.4 Å². The van der Waals surface area contributed by atoms with Crippen molar-refractivity contribution in [3.8, 4) is 17.6 Å². The Labute approximate surface area is 121 Å². The number of para-hydroxylation sites is 1. The fourth-order valence-corrected chi connectivity index (χ4v) is 1.81. The molecular weight excluding hydrogens is 262 g/mol. The number of rotatable bonds is 3. The van der Waals surface area contributed by atoms with Crippen molar-refractivity contribution in [3.05, 3.63) is 29.8 Å². The van der Waals surface area contributed by atoms with Gasteiger partial charge in [0.1, 0.15) is 12.4 Å². The first-order valence-electron chi connectivity index (χ1n) is 6.30. The zero-order valence-electron chi connectivity index (χ0n) is 11.2. The third-order valence-corrected chi connectivity index (χ3v) is 2.92. The number of benzene rings is 1. The van der Waals surface area contributed by atoms with Gasteiger partial charge in [0.2, 0.25) is 0 Å². The van der Waals surface area contributed by atoms with Crippen molar-refractivity contribution in [2.75, 3.05) is 39.5 Å². The summed E-state index contributed by atoms with van der Waals surface area (Å²) in [5.41, 5.74) is 1.15. The van der Waals surface area contributed by atoms with Crippen molar-refractivity contribution in [2.45, 2.75) is 6.92 Å². The van der Waals surface area contributed by atoms with E-state index in [0.29, 0.717) is 6.61 Å². The molecule has 0 radical (unpaired) electrons. The summed E-state index contributed by atoms with van der Waals surface area (Å²) in [4.78, 5) is 2.30. The predicted octanol–water partition coefficient (Wildman–Crippen LogP) is 2.13. The Hall–Kier alpha value is -1.21. The summed E-state index contributed by atoms with van der Waals surface area (Å²) >= 11 is 0. The molecular formula is C15H20ClNO2. The quantitative estimate of drug-likeness (QED) is 0.793. The Balaban J connectivity index is 0.00000180. The third-order valence-electron chi connectivity index (χ3n) is 2.92. The minimum Gasteiger partial charge on any atom is -0.481 e. The van der Waals surface area contributed by atoms with Gasteiger partial charge in [0.15, 0.2) is 0 Å². The van der Waals surface area contributed by atoms with E-state index in [9.17, 15) is 0 Å². The van der Waals surface area contributed by atoms with Crippen LogP contribution in [0.5, 0.6) is 5.75 Å². The van der Waals surface area contributed by atoms with E-state index in [4.69, 9.17) is 9.47 Å². The van der Waals surface area contributed by atoms with Gasteiger partial charge in [0.25, 0.3) is 0 Å². The molecule has 0 saturated carbocycles. The van der Waals surface area contributed by atoms with Crippen LogP contribution in [0.25, 0.3) is 0 Å². The molecule has 1 aromatic carbocycles. The van der Waals surface area contributed by atoms with Crippen molar-refractivity contribution < 1.29 is 9.47 Å². The van der Waals surface area contributed by atoms with Crippen LogP contribution in [-0.4, -0.2) is 44.4 Å². The molecule has 19 heavy (non-hydrogen) atoms. The van der Waals surface area contributed by atoms with E-state index < -0.39 is 0 Å². The molecule has 0 N–H and O–H groups in total. The Morgan fingerprint density at radius 3 is 2.68 bits per heavy atom. The van der Waals surface area contributed by atoms with Crippen LogP contribution < -0.4 is 4.74 Å². The molecule has 3 nitrogen and oxygen atoms in total. The van der Waals surface area contributed by atoms with E-state index in [0.717, 1.165) is 44.2 Å². The normalized spacial score (nSPS) is 15.0. The van der Waals surface area contributed by atoms with Crippen molar-refractivity contribution in [3.63, 3.8) is 0 Å². The molecule has 0 unspecified atom stereocenters. The second kappa shape index (κ2) is 8.82. The first kappa shape index (κ1) is 15.8. The summed E-state index contributed by atoms with van der Waals surface area (Å²) in [7, 11) is 0. The lowest BCUT2D eigenvalue weighted by Crippen LogP contribution is -2.36. The highest BCUT2D eigenvalue weighted by molar-refractivity contribution is 5.85. The second-order valence-corrected chi connectivity index (χ2v) is 4.30. The van der Waals surface area contributed by atoms with Crippen LogP contribution in [0.15, 0.2) is 24.3 Å². The third kappa shape index (κ3) is 5.52. The van der Waals surface area contributed by atoms with Crippen LogP contribution in [0, 0.1) is 18.8 Å². The standard InChI is InChI=1S/C15H19NO2.ClH/c1-14-6-2-3-7-15(14)18-11-5-4-8-16-9-12-17-13-10-16;/h2-3,6-7H,8-13H2,1H3;1H. The number of aryl methyl sites for hydroxylation is 1. The van der Waals surface area contributed by atoms with Crippen LogP contribution in [0.3, 0.4) is 0 Å². The maximum Gasteiger partial charge on any atom is 0.149 e. The Bertz CT molecular complexity index is 433. The summed E-state index contributed by atoms with van der Waals surface area (Å²) in [6, 6.07) is 7.99. The number of halogens is 1. The number of hydrogen-bond donors (Lipinski definition) is 0. The summed E-state index contributed by atoms with van der Waals surface area (Å²) < 4.78 is 10.9. The molecule has 1 saturated heterocycles. The average molecular weight is 282 g/mol. The first-order chi connectivity index (χ1) is 8.86. The van der Waals surface area contributed by atoms with Gasteiger partial charge in [-0.2, -0.15) is 0 Å². The molecule has 0 spiro atoms. The molecule has 1 fully saturated rings. The van der Waals surface area contributed by atoms with Gasteiger partial charge in [0.05, 0.1) is 19.8 Å². The molecule has 0 atom stereocenters. The van der Waals surface area contributed by atoms with E-state index in [1.165, 1.54) is 0 Å². The molecule has 4 heteroatoms. The summed E-state index contributed by atoms with van der Waals surface area (Å²) in [5.74, 6) is 7.11. The summed E-state index contributed by atoms with van der Waals surface area (Å²) in [5, 5.41) is 0. The van der Waals surface area contributed by atoms with Crippen molar-refractivity contribution in [1.82, 2.24) is 4.90 Å². The highest BCUT2D eigenvalue weighted by atomic mass is 35.5. The molecule has 0 aromatic heterocycles. The van der Waals surface area contributed by atoms with Gasteiger partial charge in [-0.1, -0.05) is 30.0 Å². The van der Waals surface area contributed by atoms with Gasteiger partial charge in [-0.15, -0.1) is 12.4 Å². The lowest BCUT2D eigenvalue weighted by atomic mass is 10.2. The van der Waals surface area contributed by atoms with E-state index in [2.05, 4.69) is 16.7 Å². The van der Waals surface area contributed by atoms with Gasteiger partial charge >= 0.3 is 0 Å². The monoisotopic (exact) mass is 281 g/mol.